The molecular weight excluding hydrogens is 350 g/mol. The number of carboxylic acids is 1. The van der Waals surface area contributed by atoms with Gasteiger partial charge in [0.05, 0.1) is 12.8 Å². The van der Waals surface area contributed by atoms with Gasteiger partial charge in [-0.25, -0.2) is 9.78 Å². The first-order chi connectivity index (χ1) is 12.5. The van der Waals surface area contributed by atoms with Crippen LogP contribution in [0.1, 0.15) is 26.5 Å². The molecule has 6 heteroatoms. The highest BCUT2D eigenvalue weighted by molar-refractivity contribution is 7.17. The van der Waals surface area contributed by atoms with Gasteiger partial charge in [0.1, 0.15) is 16.5 Å². The first-order valence-electron chi connectivity index (χ1n) is 8.06. The molecule has 0 radical (unpaired) electrons. The zero-order valence-electron chi connectivity index (χ0n) is 14.8. The van der Waals surface area contributed by atoms with E-state index in [0.717, 1.165) is 22.5 Å². The van der Waals surface area contributed by atoms with E-state index >= 15 is 0 Å². The van der Waals surface area contributed by atoms with Gasteiger partial charge in [-0.1, -0.05) is 24.3 Å². The first kappa shape index (κ1) is 17.9. The molecule has 2 aromatic carbocycles. The van der Waals surface area contributed by atoms with Gasteiger partial charge in [0.15, 0.2) is 11.5 Å². The monoisotopic (exact) mass is 369 g/mol. The second kappa shape index (κ2) is 7.58. The van der Waals surface area contributed by atoms with Gasteiger partial charge in [-0.2, -0.15) is 0 Å². The molecule has 0 fully saturated rings. The molecule has 0 atom stereocenters. The van der Waals surface area contributed by atoms with Crippen molar-refractivity contribution >= 4 is 17.3 Å². The van der Waals surface area contributed by atoms with Gasteiger partial charge in [0, 0.05) is 5.56 Å². The van der Waals surface area contributed by atoms with E-state index < -0.39 is 5.97 Å². The third kappa shape index (κ3) is 3.70. The highest BCUT2D eigenvalue weighted by Gasteiger charge is 2.16. The summed E-state index contributed by atoms with van der Waals surface area (Å²) in [5.41, 5.74) is 3.59. The number of ether oxygens (including phenoxy) is 2. The number of rotatable bonds is 6. The van der Waals surface area contributed by atoms with E-state index in [-0.39, 0.29) is 4.88 Å². The fourth-order valence-corrected chi connectivity index (χ4v) is 3.47. The number of hydrogen-bond acceptors (Lipinski definition) is 5. The summed E-state index contributed by atoms with van der Waals surface area (Å²) >= 11 is 1.15. The van der Waals surface area contributed by atoms with E-state index in [0.29, 0.717) is 28.8 Å². The normalized spacial score (nSPS) is 10.6. The number of thiazole rings is 1. The Morgan fingerprint density at radius 1 is 1.15 bits per heavy atom. The molecule has 0 unspecified atom stereocenters. The van der Waals surface area contributed by atoms with E-state index in [2.05, 4.69) is 4.98 Å². The van der Waals surface area contributed by atoms with Crippen molar-refractivity contribution in [1.82, 2.24) is 4.98 Å². The highest BCUT2D eigenvalue weighted by atomic mass is 32.1. The van der Waals surface area contributed by atoms with Gasteiger partial charge >= 0.3 is 5.97 Å². The number of carbonyl (C=O) groups is 1. The number of carboxylic acid groups (broad SMARTS) is 1. The maximum Gasteiger partial charge on any atom is 0.347 e. The van der Waals surface area contributed by atoms with Gasteiger partial charge in [0.2, 0.25) is 0 Å². The minimum Gasteiger partial charge on any atom is -0.493 e. The number of methoxy groups -OCH3 is 1. The quantitative estimate of drug-likeness (QED) is 0.681. The third-order valence-electron chi connectivity index (χ3n) is 4.05. The number of aromatic carboxylic acids is 1. The molecule has 0 saturated carbocycles. The Hall–Kier alpha value is -2.86. The molecule has 0 spiro atoms. The molecule has 134 valence electrons. The molecule has 0 aliphatic carbocycles. The second-order valence-electron chi connectivity index (χ2n) is 5.82. The summed E-state index contributed by atoms with van der Waals surface area (Å²) in [5, 5.41) is 9.84. The maximum absolute atomic E-state index is 11.2. The molecular formula is C20H19NO4S. The SMILES string of the molecule is COc1cc(-c2nc(C)c(C(=O)O)s2)ccc1OCc1ccccc1C. The van der Waals surface area contributed by atoms with Crippen LogP contribution in [0.3, 0.4) is 0 Å². The van der Waals surface area contributed by atoms with Crippen LogP contribution < -0.4 is 9.47 Å². The Kier molecular flexibility index (Phi) is 5.23. The van der Waals surface area contributed by atoms with E-state index in [1.807, 2.05) is 49.4 Å². The summed E-state index contributed by atoms with van der Waals surface area (Å²) in [6.45, 7) is 4.19. The lowest BCUT2D eigenvalue weighted by molar-refractivity contribution is 0.0701. The van der Waals surface area contributed by atoms with Crippen LogP contribution in [0, 0.1) is 13.8 Å². The minimum absolute atomic E-state index is 0.249. The number of aryl methyl sites for hydroxylation is 2. The molecule has 0 saturated heterocycles. The molecule has 0 bridgehead atoms. The average molecular weight is 369 g/mol. The molecule has 3 rings (SSSR count). The van der Waals surface area contributed by atoms with Crippen molar-refractivity contribution in [2.45, 2.75) is 20.5 Å². The van der Waals surface area contributed by atoms with Gasteiger partial charge in [-0.15, -0.1) is 11.3 Å². The summed E-state index contributed by atoms with van der Waals surface area (Å²) in [6.07, 6.45) is 0. The summed E-state index contributed by atoms with van der Waals surface area (Å²) in [6, 6.07) is 13.6. The minimum atomic E-state index is -0.962. The van der Waals surface area contributed by atoms with Crippen molar-refractivity contribution in [2.75, 3.05) is 7.11 Å². The third-order valence-corrected chi connectivity index (χ3v) is 5.24. The van der Waals surface area contributed by atoms with Crippen LogP contribution in [0.15, 0.2) is 42.5 Å². The summed E-state index contributed by atoms with van der Waals surface area (Å²) in [7, 11) is 1.58. The molecule has 5 nitrogen and oxygen atoms in total. The zero-order chi connectivity index (χ0) is 18.7. The molecule has 0 amide bonds. The van der Waals surface area contributed by atoms with Crippen molar-refractivity contribution in [3.8, 4) is 22.1 Å². The van der Waals surface area contributed by atoms with Crippen LogP contribution in [-0.4, -0.2) is 23.2 Å². The molecule has 1 N–H and O–H groups in total. The van der Waals surface area contributed by atoms with Crippen LogP contribution in [-0.2, 0) is 6.61 Å². The van der Waals surface area contributed by atoms with Gasteiger partial charge in [0.25, 0.3) is 0 Å². The van der Waals surface area contributed by atoms with Crippen molar-refractivity contribution in [3.05, 3.63) is 64.2 Å². The van der Waals surface area contributed by atoms with Crippen molar-refractivity contribution in [2.24, 2.45) is 0 Å². The predicted octanol–water partition coefficient (Wildman–Crippen LogP) is 4.71. The van der Waals surface area contributed by atoms with Gasteiger partial charge in [-0.05, 0) is 43.2 Å². The summed E-state index contributed by atoms with van der Waals surface area (Å²) in [4.78, 5) is 15.8. The number of benzene rings is 2. The Balaban J connectivity index is 1.85. The second-order valence-corrected chi connectivity index (χ2v) is 6.82. The maximum atomic E-state index is 11.2. The van der Waals surface area contributed by atoms with E-state index in [1.54, 1.807) is 14.0 Å². The molecule has 26 heavy (non-hydrogen) atoms. The number of nitrogens with zero attached hydrogens (tertiary/aromatic N) is 1. The predicted molar refractivity (Wildman–Crippen MR) is 101 cm³/mol. The Bertz CT molecular complexity index is 949. The van der Waals surface area contributed by atoms with Crippen molar-refractivity contribution < 1.29 is 19.4 Å². The Morgan fingerprint density at radius 2 is 1.92 bits per heavy atom. The van der Waals surface area contributed by atoms with Crippen molar-refractivity contribution in [3.63, 3.8) is 0 Å². The van der Waals surface area contributed by atoms with Crippen LogP contribution in [0.4, 0.5) is 0 Å². The van der Waals surface area contributed by atoms with Crippen LogP contribution >= 0.6 is 11.3 Å². The number of hydrogen-bond donors (Lipinski definition) is 1. The van der Waals surface area contributed by atoms with E-state index in [9.17, 15) is 9.90 Å². The van der Waals surface area contributed by atoms with Gasteiger partial charge < -0.3 is 14.6 Å². The van der Waals surface area contributed by atoms with Crippen LogP contribution in [0.2, 0.25) is 0 Å². The standard InChI is InChI=1S/C20H19NO4S/c1-12-6-4-5-7-15(12)11-25-16-9-8-14(10-17(16)24-3)19-21-13(2)18(26-19)20(22)23/h4-10H,11H2,1-3H3,(H,22,23). The lowest BCUT2D eigenvalue weighted by Crippen LogP contribution is -1.99. The topological polar surface area (TPSA) is 68.7 Å². The van der Waals surface area contributed by atoms with E-state index in [4.69, 9.17) is 9.47 Å². The average Bonchev–Trinajstić information content (AvgIpc) is 3.03. The van der Waals surface area contributed by atoms with Crippen LogP contribution in [0.5, 0.6) is 11.5 Å². The lowest BCUT2D eigenvalue weighted by Gasteiger charge is -2.12. The molecule has 0 aliphatic heterocycles. The van der Waals surface area contributed by atoms with E-state index in [1.165, 1.54) is 5.56 Å². The van der Waals surface area contributed by atoms with Crippen LogP contribution in [0.25, 0.3) is 10.6 Å². The molecule has 3 aromatic rings. The smallest absolute Gasteiger partial charge is 0.347 e. The molecule has 1 heterocycles. The van der Waals surface area contributed by atoms with Gasteiger partial charge in [-0.3, -0.25) is 0 Å². The van der Waals surface area contributed by atoms with Crippen molar-refractivity contribution in [1.29, 1.82) is 0 Å². The fraction of sp³-hybridized carbons (Fsp3) is 0.200. The summed E-state index contributed by atoms with van der Waals surface area (Å²) < 4.78 is 11.4. The zero-order valence-corrected chi connectivity index (χ0v) is 15.6. The fourth-order valence-electron chi connectivity index (χ4n) is 2.57. The molecule has 1 aromatic heterocycles. The largest absolute Gasteiger partial charge is 0.493 e. The lowest BCUT2D eigenvalue weighted by atomic mass is 10.1. The first-order valence-corrected chi connectivity index (χ1v) is 8.87. The Morgan fingerprint density at radius 3 is 2.58 bits per heavy atom. The highest BCUT2D eigenvalue weighted by Crippen LogP contribution is 2.35. The Labute approximate surface area is 155 Å². The number of aromatic nitrogens is 1. The molecule has 0 aliphatic rings. The summed E-state index contributed by atoms with van der Waals surface area (Å²) in [5.74, 6) is 0.253.